The molecule has 1 rings (SSSR count). The van der Waals surface area contributed by atoms with Gasteiger partial charge in [-0.25, -0.2) is 0 Å². The fraction of sp³-hybridized carbons (Fsp3) is 1.00. The molecule has 84 valence electrons. The normalized spacial score (nSPS) is 26.4. The Balaban J connectivity index is 2.26. The Morgan fingerprint density at radius 3 is 2.93 bits per heavy atom. The molecule has 0 saturated carbocycles. The number of aliphatic hydroxyl groups excluding tert-OH is 1. The Labute approximate surface area is 87.5 Å². The molecule has 1 aliphatic heterocycles. The molecule has 14 heavy (non-hydrogen) atoms. The predicted molar refractivity (Wildman–Crippen MR) is 59.4 cm³/mol. The van der Waals surface area contributed by atoms with Crippen LogP contribution in [0.15, 0.2) is 0 Å². The van der Waals surface area contributed by atoms with E-state index in [1.54, 1.807) is 0 Å². The van der Waals surface area contributed by atoms with Crippen molar-refractivity contribution < 1.29 is 5.11 Å². The third-order valence-corrected chi connectivity index (χ3v) is 3.07. The molecular formula is C11H24N2O. The van der Waals surface area contributed by atoms with Gasteiger partial charge >= 0.3 is 0 Å². The first-order chi connectivity index (χ1) is 6.76. The van der Waals surface area contributed by atoms with Crippen LogP contribution in [0.2, 0.25) is 0 Å². The second-order valence-corrected chi connectivity index (χ2v) is 4.39. The van der Waals surface area contributed by atoms with E-state index in [0.29, 0.717) is 18.7 Å². The van der Waals surface area contributed by atoms with Gasteiger partial charge in [0.05, 0.1) is 0 Å². The first kappa shape index (κ1) is 12.0. The summed E-state index contributed by atoms with van der Waals surface area (Å²) in [5.74, 6) is 0. The third kappa shape index (κ3) is 3.95. The Bertz CT molecular complexity index is 152. The second-order valence-electron chi connectivity index (χ2n) is 4.39. The van der Waals surface area contributed by atoms with Crippen LogP contribution >= 0.6 is 0 Å². The molecule has 2 atom stereocenters. The van der Waals surface area contributed by atoms with E-state index in [0.717, 1.165) is 19.4 Å². The van der Waals surface area contributed by atoms with Crippen molar-refractivity contribution in [2.75, 3.05) is 26.7 Å². The lowest BCUT2D eigenvalue weighted by molar-refractivity contribution is 0.199. The van der Waals surface area contributed by atoms with E-state index >= 15 is 0 Å². The molecule has 0 radical (unpaired) electrons. The Hall–Kier alpha value is -0.120. The van der Waals surface area contributed by atoms with E-state index < -0.39 is 0 Å². The summed E-state index contributed by atoms with van der Waals surface area (Å²) < 4.78 is 0. The van der Waals surface area contributed by atoms with Crippen LogP contribution in [-0.2, 0) is 0 Å². The zero-order valence-electron chi connectivity index (χ0n) is 9.50. The summed E-state index contributed by atoms with van der Waals surface area (Å²) in [6.45, 7) is 4.87. The number of hydrogen-bond acceptors (Lipinski definition) is 3. The zero-order valence-corrected chi connectivity index (χ0v) is 9.50. The van der Waals surface area contributed by atoms with Gasteiger partial charge in [0.25, 0.3) is 0 Å². The van der Waals surface area contributed by atoms with Crippen molar-refractivity contribution in [3.63, 3.8) is 0 Å². The summed E-state index contributed by atoms with van der Waals surface area (Å²) in [6, 6.07) is 1.13. The van der Waals surface area contributed by atoms with Crippen LogP contribution in [0.4, 0.5) is 0 Å². The van der Waals surface area contributed by atoms with E-state index in [9.17, 15) is 0 Å². The monoisotopic (exact) mass is 200 g/mol. The fourth-order valence-electron chi connectivity index (χ4n) is 2.20. The van der Waals surface area contributed by atoms with Crippen molar-refractivity contribution in [1.82, 2.24) is 10.2 Å². The number of piperidine rings is 1. The summed E-state index contributed by atoms with van der Waals surface area (Å²) in [4.78, 5) is 2.38. The average molecular weight is 200 g/mol. The lowest BCUT2D eigenvalue weighted by Gasteiger charge is -2.33. The highest BCUT2D eigenvalue weighted by molar-refractivity contribution is 4.79. The first-order valence-electron chi connectivity index (χ1n) is 5.81. The molecule has 0 aliphatic carbocycles. The molecular weight excluding hydrogens is 176 g/mol. The van der Waals surface area contributed by atoms with E-state index in [-0.39, 0.29) is 0 Å². The summed E-state index contributed by atoms with van der Waals surface area (Å²) >= 11 is 0. The van der Waals surface area contributed by atoms with Crippen molar-refractivity contribution >= 4 is 0 Å². The molecule has 3 heteroatoms. The van der Waals surface area contributed by atoms with Crippen molar-refractivity contribution in [3.8, 4) is 0 Å². The smallest absolute Gasteiger partial charge is 0.0445 e. The molecule has 2 unspecified atom stereocenters. The topological polar surface area (TPSA) is 35.5 Å². The number of nitrogens with zero attached hydrogens (tertiary/aromatic N) is 1. The highest BCUT2D eigenvalue weighted by Crippen LogP contribution is 2.10. The largest absolute Gasteiger partial charge is 0.396 e. The van der Waals surface area contributed by atoms with Crippen molar-refractivity contribution in [2.24, 2.45) is 0 Å². The molecule has 1 fully saturated rings. The van der Waals surface area contributed by atoms with Gasteiger partial charge in [-0.3, -0.25) is 0 Å². The first-order valence-corrected chi connectivity index (χ1v) is 5.81. The molecule has 0 spiro atoms. The molecule has 1 aliphatic rings. The van der Waals surface area contributed by atoms with Gasteiger partial charge in [0.2, 0.25) is 0 Å². The standard InChI is InChI=1S/C11H24N2O/c1-3-10(6-8-14)12-11-5-4-7-13(2)9-11/h10-12,14H,3-9H2,1-2H3. The van der Waals surface area contributed by atoms with E-state index in [4.69, 9.17) is 5.11 Å². The third-order valence-electron chi connectivity index (χ3n) is 3.07. The van der Waals surface area contributed by atoms with Gasteiger partial charge in [0, 0.05) is 25.2 Å². The number of likely N-dealkylation sites (tertiary alicyclic amines) is 1. The molecule has 0 aromatic carbocycles. The zero-order chi connectivity index (χ0) is 10.4. The number of likely N-dealkylation sites (N-methyl/N-ethyl adjacent to an activating group) is 1. The number of aliphatic hydroxyl groups is 1. The van der Waals surface area contributed by atoms with Crippen LogP contribution in [0.3, 0.4) is 0 Å². The molecule has 0 aromatic rings. The van der Waals surface area contributed by atoms with Gasteiger partial charge in [-0.05, 0) is 39.3 Å². The van der Waals surface area contributed by atoms with Crippen molar-refractivity contribution in [3.05, 3.63) is 0 Å². The van der Waals surface area contributed by atoms with Gasteiger partial charge in [0.15, 0.2) is 0 Å². The van der Waals surface area contributed by atoms with Gasteiger partial charge < -0.3 is 15.3 Å². The highest BCUT2D eigenvalue weighted by atomic mass is 16.3. The summed E-state index contributed by atoms with van der Waals surface area (Å²) in [6.07, 6.45) is 4.58. The molecule has 1 saturated heterocycles. The maximum absolute atomic E-state index is 8.90. The second kappa shape index (κ2) is 6.38. The van der Waals surface area contributed by atoms with Crippen LogP contribution in [-0.4, -0.2) is 48.8 Å². The van der Waals surface area contributed by atoms with E-state index in [1.807, 2.05) is 0 Å². The van der Waals surface area contributed by atoms with Crippen molar-refractivity contribution in [1.29, 1.82) is 0 Å². The lowest BCUT2D eigenvalue weighted by Crippen LogP contribution is -2.48. The molecule has 1 heterocycles. The van der Waals surface area contributed by atoms with Crippen LogP contribution in [0.1, 0.15) is 32.6 Å². The molecule has 0 amide bonds. The van der Waals surface area contributed by atoms with Crippen LogP contribution in [0, 0.1) is 0 Å². The van der Waals surface area contributed by atoms with Gasteiger partial charge in [0.1, 0.15) is 0 Å². The number of rotatable bonds is 5. The van der Waals surface area contributed by atoms with Gasteiger partial charge in [-0.2, -0.15) is 0 Å². The van der Waals surface area contributed by atoms with Crippen LogP contribution < -0.4 is 5.32 Å². The molecule has 0 bridgehead atoms. The molecule has 3 nitrogen and oxygen atoms in total. The fourth-order valence-corrected chi connectivity index (χ4v) is 2.20. The average Bonchev–Trinajstić information content (AvgIpc) is 2.17. The Morgan fingerprint density at radius 1 is 1.57 bits per heavy atom. The number of nitrogens with one attached hydrogen (secondary N) is 1. The van der Waals surface area contributed by atoms with E-state index in [2.05, 4.69) is 24.2 Å². The SMILES string of the molecule is CCC(CCO)NC1CCCN(C)C1. The maximum Gasteiger partial charge on any atom is 0.0445 e. The molecule has 2 N–H and O–H groups in total. The summed E-state index contributed by atoms with van der Waals surface area (Å²) in [5, 5.41) is 12.5. The van der Waals surface area contributed by atoms with Gasteiger partial charge in [-0.1, -0.05) is 6.92 Å². The lowest BCUT2D eigenvalue weighted by atomic mass is 10.0. The van der Waals surface area contributed by atoms with Crippen LogP contribution in [0.25, 0.3) is 0 Å². The Morgan fingerprint density at radius 2 is 2.36 bits per heavy atom. The minimum Gasteiger partial charge on any atom is -0.396 e. The minimum absolute atomic E-state index is 0.300. The predicted octanol–water partition coefficient (Wildman–Crippen LogP) is 0.831. The Kier molecular flexibility index (Phi) is 5.45. The summed E-state index contributed by atoms with van der Waals surface area (Å²) in [5.41, 5.74) is 0. The minimum atomic E-state index is 0.300. The molecule has 0 aromatic heterocycles. The maximum atomic E-state index is 8.90. The highest BCUT2D eigenvalue weighted by Gasteiger charge is 2.19. The van der Waals surface area contributed by atoms with Gasteiger partial charge in [-0.15, -0.1) is 0 Å². The summed E-state index contributed by atoms with van der Waals surface area (Å²) in [7, 11) is 2.18. The van der Waals surface area contributed by atoms with E-state index in [1.165, 1.54) is 19.4 Å². The van der Waals surface area contributed by atoms with Crippen molar-refractivity contribution in [2.45, 2.75) is 44.7 Å². The van der Waals surface area contributed by atoms with Crippen LogP contribution in [0.5, 0.6) is 0 Å². The quantitative estimate of drug-likeness (QED) is 0.690. The number of hydrogen-bond donors (Lipinski definition) is 2.